The number of carbonyl (C=O) groups excluding carboxylic acids is 1. The molecular weight excluding hydrogens is 231 g/mol. The summed E-state index contributed by atoms with van der Waals surface area (Å²) in [6.45, 7) is 0. The summed E-state index contributed by atoms with van der Waals surface area (Å²) in [6.07, 6.45) is 1.61. The zero-order chi connectivity index (χ0) is 8.27. The lowest BCUT2D eigenvalue weighted by Gasteiger charge is -2.00. The number of nitrogens with zero attached hydrogens (tertiary/aromatic N) is 1. The van der Waals surface area contributed by atoms with Gasteiger partial charge in [-0.05, 0) is 39.7 Å². The number of pyridine rings is 1. The molecule has 1 aromatic rings. The fraction of sp³-hybridized carbons (Fsp3) is 0. The van der Waals surface area contributed by atoms with E-state index in [2.05, 4.69) is 26.2 Å². The molecule has 0 aliphatic heterocycles. The zero-order valence-electron chi connectivity index (χ0n) is 5.34. The summed E-state index contributed by atoms with van der Waals surface area (Å²) in [5.41, 5.74) is 0.563. The van der Waals surface area contributed by atoms with Crippen molar-refractivity contribution < 1.29 is 4.79 Å². The predicted octanol–water partition coefficient (Wildman–Crippen LogP) is 2.61. The quantitative estimate of drug-likeness (QED) is 0.462. The summed E-state index contributed by atoms with van der Waals surface area (Å²) in [5.74, 6) is 0. The molecule has 11 heavy (non-hydrogen) atoms. The number of halogens is 2. The van der Waals surface area contributed by atoms with Crippen molar-refractivity contribution in [2.24, 2.45) is 0 Å². The topological polar surface area (TPSA) is 42.0 Å². The Bertz CT molecular complexity index is 279. The molecule has 1 rings (SSSR count). The number of rotatable bonds is 1. The molecule has 0 aliphatic carbocycles. The third-order valence-electron chi connectivity index (χ3n) is 0.992. The average molecular weight is 235 g/mol. The van der Waals surface area contributed by atoms with Crippen LogP contribution in [0.1, 0.15) is 0 Å². The standard InChI is InChI=1S/C6H4BrClN2O/c7-5-4(10-6(8)11)2-1-3-9-5/h1-3H,(H,10,11). The van der Waals surface area contributed by atoms with E-state index in [4.69, 9.17) is 11.6 Å². The number of nitrogens with one attached hydrogen (secondary N) is 1. The minimum absolute atomic E-state index is 0.563. The highest BCUT2D eigenvalue weighted by atomic mass is 79.9. The highest BCUT2D eigenvalue weighted by Gasteiger charge is 2.00. The van der Waals surface area contributed by atoms with Crippen LogP contribution in [0.4, 0.5) is 10.5 Å². The highest BCUT2D eigenvalue weighted by Crippen LogP contribution is 2.18. The lowest BCUT2D eigenvalue weighted by molar-refractivity contribution is 0.269. The second-order valence-electron chi connectivity index (χ2n) is 1.74. The van der Waals surface area contributed by atoms with E-state index in [0.717, 1.165) is 0 Å². The van der Waals surface area contributed by atoms with Crippen LogP contribution in [0, 0.1) is 0 Å². The monoisotopic (exact) mass is 234 g/mol. The molecular formula is C6H4BrClN2O. The van der Waals surface area contributed by atoms with Crippen LogP contribution in [0.3, 0.4) is 0 Å². The molecule has 0 atom stereocenters. The number of hydrogen-bond donors (Lipinski definition) is 1. The molecule has 1 N–H and O–H groups in total. The van der Waals surface area contributed by atoms with E-state index in [-0.39, 0.29) is 0 Å². The second kappa shape index (κ2) is 3.69. The highest BCUT2D eigenvalue weighted by molar-refractivity contribution is 9.10. The first-order valence-corrected chi connectivity index (χ1v) is 3.94. The van der Waals surface area contributed by atoms with Crippen LogP contribution in [-0.2, 0) is 0 Å². The fourth-order valence-electron chi connectivity index (χ4n) is 0.585. The molecule has 1 heterocycles. The van der Waals surface area contributed by atoms with Crippen LogP contribution in [0.2, 0.25) is 0 Å². The van der Waals surface area contributed by atoms with E-state index in [1.807, 2.05) is 0 Å². The second-order valence-corrected chi connectivity index (χ2v) is 2.83. The van der Waals surface area contributed by atoms with Gasteiger partial charge in [0, 0.05) is 6.20 Å². The Balaban J connectivity index is 2.86. The summed E-state index contributed by atoms with van der Waals surface area (Å²) >= 11 is 8.23. The molecule has 0 spiro atoms. The molecule has 0 bridgehead atoms. The molecule has 0 aromatic carbocycles. The first-order chi connectivity index (χ1) is 5.20. The Morgan fingerprint density at radius 2 is 2.45 bits per heavy atom. The minimum atomic E-state index is -0.626. The summed E-state index contributed by atoms with van der Waals surface area (Å²) in [7, 11) is 0. The van der Waals surface area contributed by atoms with Gasteiger partial charge >= 0.3 is 5.37 Å². The van der Waals surface area contributed by atoms with E-state index >= 15 is 0 Å². The van der Waals surface area contributed by atoms with Gasteiger partial charge in [-0.3, -0.25) is 4.79 Å². The van der Waals surface area contributed by atoms with Crippen LogP contribution in [0.5, 0.6) is 0 Å². The minimum Gasteiger partial charge on any atom is -0.310 e. The van der Waals surface area contributed by atoms with E-state index in [1.54, 1.807) is 18.3 Å². The van der Waals surface area contributed by atoms with Gasteiger partial charge in [-0.1, -0.05) is 0 Å². The van der Waals surface area contributed by atoms with Crippen LogP contribution in [0.25, 0.3) is 0 Å². The van der Waals surface area contributed by atoms with E-state index in [0.29, 0.717) is 10.3 Å². The molecule has 3 nitrogen and oxygen atoms in total. The third kappa shape index (κ3) is 2.48. The van der Waals surface area contributed by atoms with Crippen LogP contribution >= 0.6 is 27.5 Å². The number of aromatic nitrogens is 1. The Morgan fingerprint density at radius 3 is 3.00 bits per heavy atom. The zero-order valence-corrected chi connectivity index (χ0v) is 7.69. The van der Waals surface area contributed by atoms with Crippen molar-refractivity contribution in [1.29, 1.82) is 0 Å². The van der Waals surface area contributed by atoms with Crippen LogP contribution in [0.15, 0.2) is 22.9 Å². The van der Waals surface area contributed by atoms with Gasteiger partial charge in [0.05, 0.1) is 5.69 Å². The van der Waals surface area contributed by atoms with Crippen LogP contribution in [-0.4, -0.2) is 10.4 Å². The van der Waals surface area contributed by atoms with Gasteiger partial charge in [0.2, 0.25) is 0 Å². The Morgan fingerprint density at radius 1 is 1.73 bits per heavy atom. The SMILES string of the molecule is O=C(Cl)Nc1cccnc1Br. The molecule has 0 aliphatic rings. The number of hydrogen-bond acceptors (Lipinski definition) is 2. The molecule has 58 valence electrons. The predicted molar refractivity (Wildman–Crippen MR) is 46.8 cm³/mol. The van der Waals surface area contributed by atoms with E-state index < -0.39 is 5.37 Å². The molecule has 0 unspecified atom stereocenters. The van der Waals surface area contributed by atoms with E-state index in [9.17, 15) is 4.79 Å². The van der Waals surface area contributed by atoms with Gasteiger partial charge in [-0.15, -0.1) is 0 Å². The average Bonchev–Trinajstić information content (AvgIpc) is 1.93. The maximum Gasteiger partial charge on any atom is 0.318 e. The van der Waals surface area contributed by atoms with Gasteiger partial charge in [-0.25, -0.2) is 4.98 Å². The number of carbonyl (C=O) groups is 1. The number of anilines is 1. The van der Waals surface area contributed by atoms with E-state index in [1.165, 1.54) is 0 Å². The molecule has 1 amide bonds. The largest absolute Gasteiger partial charge is 0.318 e. The maximum atomic E-state index is 10.4. The fourth-order valence-corrected chi connectivity index (χ4v) is 1.04. The molecule has 5 heteroatoms. The maximum absolute atomic E-state index is 10.4. The van der Waals surface area contributed by atoms with Crippen molar-refractivity contribution in [1.82, 2.24) is 4.98 Å². The third-order valence-corrected chi connectivity index (χ3v) is 1.72. The summed E-state index contributed by atoms with van der Waals surface area (Å²) in [4.78, 5) is 14.2. The van der Waals surface area contributed by atoms with Gasteiger partial charge in [0.25, 0.3) is 0 Å². The summed E-state index contributed by atoms with van der Waals surface area (Å²) in [5, 5.41) is 1.76. The molecule has 1 aromatic heterocycles. The molecule has 0 saturated carbocycles. The van der Waals surface area contributed by atoms with Crippen molar-refractivity contribution >= 4 is 38.6 Å². The molecule has 0 fully saturated rings. The lowest BCUT2D eigenvalue weighted by atomic mass is 10.4. The first kappa shape index (κ1) is 8.49. The van der Waals surface area contributed by atoms with Crippen molar-refractivity contribution in [3.8, 4) is 0 Å². The first-order valence-electron chi connectivity index (χ1n) is 2.77. The molecule has 0 radical (unpaired) electrons. The Hall–Kier alpha value is -0.610. The van der Waals surface area contributed by atoms with Gasteiger partial charge < -0.3 is 5.32 Å². The van der Waals surface area contributed by atoms with Gasteiger partial charge in [-0.2, -0.15) is 0 Å². The molecule has 0 saturated heterocycles. The Kier molecular flexibility index (Phi) is 2.84. The lowest BCUT2D eigenvalue weighted by Crippen LogP contribution is -2.01. The van der Waals surface area contributed by atoms with Crippen molar-refractivity contribution in [2.45, 2.75) is 0 Å². The Labute approximate surface area is 76.9 Å². The summed E-state index contributed by atoms with van der Waals surface area (Å²) in [6, 6.07) is 3.39. The number of amides is 1. The smallest absolute Gasteiger partial charge is 0.310 e. The van der Waals surface area contributed by atoms with Crippen LogP contribution < -0.4 is 5.32 Å². The normalized spacial score (nSPS) is 9.27. The van der Waals surface area contributed by atoms with Gasteiger partial charge in [0.15, 0.2) is 0 Å². The van der Waals surface area contributed by atoms with Crippen molar-refractivity contribution in [3.63, 3.8) is 0 Å². The summed E-state index contributed by atoms with van der Waals surface area (Å²) < 4.78 is 0.564. The van der Waals surface area contributed by atoms with Gasteiger partial charge in [0.1, 0.15) is 4.60 Å². The van der Waals surface area contributed by atoms with Crippen molar-refractivity contribution in [2.75, 3.05) is 5.32 Å². The van der Waals surface area contributed by atoms with Crippen molar-refractivity contribution in [3.05, 3.63) is 22.9 Å².